The predicted molar refractivity (Wildman–Crippen MR) is 64.9 cm³/mol. The Morgan fingerprint density at radius 3 is 2.83 bits per heavy atom. The highest BCUT2D eigenvalue weighted by atomic mass is 16.1. The molecule has 0 saturated heterocycles. The van der Waals surface area contributed by atoms with E-state index in [0.717, 1.165) is 5.56 Å². The average molecular weight is 247 g/mol. The second-order valence-electron chi connectivity index (χ2n) is 3.56. The van der Waals surface area contributed by atoms with Crippen molar-refractivity contribution in [1.29, 1.82) is 0 Å². The zero-order valence-electron chi connectivity index (χ0n) is 9.79. The lowest BCUT2D eigenvalue weighted by Gasteiger charge is -2.10. The Balaban J connectivity index is 2.52. The zero-order chi connectivity index (χ0) is 13.1. The van der Waals surface area contributed by atoms with Crippen molar-refractivity contribution in [3.8, 4) is 5.82 Å². The molecule has 0 aromatic carbocycles. The maximum Gasteiger partial charge on any atom is 0.251 e. The average Bonchev–Trinajstić information content (AvgIpc) is 2.87. The van der Waals surface area contributed by atoms with Gasteiger partial charge in [0.1, 0.15) is 12.1 Å². The number of carbonyl (C=O) groups is 1. The smallest absolute Gasteiger partial charge is 0.251 e. The van der Waals surface area contributed by atoms with E-state index in [1.165, 1.54) is 23.4 Å². The molecule has 8 heteroatoms. The van der Waals surface area contributed by atoms with Gasteiger partial charge in [-0.3, -0.25) is 4.79 Å². The van der Waals surface area contributed by atoms with Crippen LogP contribution < -0.4 is 17.0 Å². The van der Waals surface area contributed by atoms with Crippen LogP contribution in [0.3, 0.4) is 0 Å². The molecule has 0 bridgehead atoms. The van der Waals surface area contributed by atoms with E-state index in [4.69, 9.17) is 11.6 Å². The van der Waals surface area contributed by atoms with Gasteiger partial charge in [0.15, 0.2) is 5.82 Å². The van der Waals surface area contributed by atoms with Crippen LogP contribution in [0.15, 0.2) is 18.7 Å². The summed E-state index contributed by atoms with van der Waals surface area (Å²) in [4.78, 5) is 19.2. The number of amides is 1. The molecule has 0 unspecified atom stereocenters. The molecule has 5 N–H and O–H groups in total. The molecule has 0 aliphatic carbocycles. The van der Waals surface area contributed by atoms with Crippen LogP contribution in [0.1, 0.15) is 22.8 Å². The van der Waals surface area contributed by atoms with E-state index in [-0.39, 0.29) is 0 Å². The van der Waals surface area contributed by atoms with Gasteiger partial charge in [0.05, 0.1) is 11.8 Å². The van der Waals surface area contributed by atoms with Crippen LogP contribution in [0.25, 0.3) is 5.82 Å². The van der Waals surface area contributed by atoms with Crippen molar-refractivity contribution in [1.82, 2.24) is 19.7 Å². The van der Waals surface area contributed by atoms with Crippen molar-refractivity contribution in [2.24, 2.45) is 11.6 Å². The summed E-state index contributed by atoms with van der Waals surface area (Å²) in [5.74, 6) is 5.94. The highest BCUT2D eigenvalue weighted by molar-refractivity contribution is 5.92. The van der Waals surface area contributed by atoms with Gasteiger partial charge in [0.25, 0.3) is 5.91 Å². The van der Waals surface area contributed by atoms with Crippen LogP contribution >= 0.6 is 0 Å². The number of nitrogens with one attached hydrogen (secondary N) is 1. The summed E-state index contributed by atoms with van der Waals surface area (Å²) in [6, 6.07) is 0. The summed E-state index contributed by atoms with van der Waals surface area (Å²) in [7, 11) is 0. The Morgan fingerprint density at radius 1 is 1.50 bits per heavy atom. The van der Waals surface area contributed by atoms with Gasteiger partial charge in [0.2, 0.25) is 0 Å². The molecule has 0 atom stereocenters. The number of hydrogen-bond acceptors (Lipinski definition) is 6. The fourth-order valence-corrected chi connectivity index (χ4v) is 1.62. The first-order valence-corrected chi connectivity index (χ1v) is 5.32. The van der Waals surface area contributed by atoms with Gasteiger partial charge < -0.3 is 11.2 Å². The van der Waals surface area contributed by atoms with E-state index < -0.39 is 5.91 Å². The van der Waals surface area contributed by atoms with Gasteiger partial charge in [-0.05, 0) is 6.42 Å². The van der Waals surface area contributed by atoms with Gasteiger partial charge in [-0.15, -0.1) is 0 Å². The first kappa shape index (κ1) is 12.0. The summed E-state index contributed by atoms with van der Waals surface area (Å²) in [6.45, 7) is 1.95. The third-order valence-electron chi connectivity index (χ3n) is 2.50. The minimum atomic E-state index is -0.537. The van der Waals surface area contributed by atoms with E-state index in [1.54, 1.807) is 0 Å². The lowest BCUT2D eigenvalue weighted by Crippen LogP contribution is -2.14. The summed E-state index contributed by atoms with van der Waals surface area (Å²) in [6.07, 6.45) is 4.94. The lowest BCUT2D eigenvalue weighted by atomic mass is 10.2. The number of nitrogens with two attached hydrogens (primary N) is 2. The Hall–Kier alpha value is -2.48. The molecule has 18 heavy (non-hydrogen) atoms. The van der Waals surface area contributed by atoms with Gasteiger partial charge in [-0.2, -0.15) is 5.10 Å². The molecule has 94 valence electrons. The molecule has 8 nitrogen and oxygen atoms in total. The van der Waals surface area contributed by atoms with Crippen molar-refractivity contribution >= 4 is 11.7 Å². The number of primary amides is 1. The molecule has 2 aromatic heterocycles. The number of carbonyl (C=O) groups excluding carboxylic acids is 1. The highest BCUT2D eigenvalue weighted by Gasteiger charge is 2.13. The predicted octanol–water partition coefficient (Wildman–Crippen LogP) is -0.391. The second kappa shape index (κ2) is 4.80. The number of hydrazine groups is 1. The Labute approximate surface area is 103 Å². The monoisotopic (exact) mass is 247 g/mol. The van der Waals surface area contributed by atoms with Crippen LogP contribution in [-0.2, 0) is 6.42 Å². The minimum Gasteiger partial charge on any atom is -0.366 e. The molecule has 0 aliphatic rings. The van der Waals surface area contributed by atoms with E-state index >= 15 is 0 Å². The van der Waals surface area contributed by atoms with Crippen LogP contribution in [-0.4, -0.2) is 25.7 Å². The Morgan fingerprint density at radius 2 is 2.28 bits per heavy atom. The Kier molecular flexibility index (Phi) is 3.20. The van der Waals surface area contributed by atoms with E-state index in [2.05, 4.69) is 20.5 Å². The summed E-state index contributed by atoms with van der Waals surface area (Å²) >= 11 is 0. The summed E-state index contributed by atoms with van der Waals surface area (Å²) in [5.41, 5.74) is 8.80. The number of rotatable bonds is 4. The zero-order valence-corrected chi connectivity index (χ0v) is 9.79. The number of nitrogens with zero attached hydrogens (tertiary/aromatic N) is 4. The van der Waals surface area contributed by atoms with Crippen molar-refractivity contribution in [2.75, 3.05) is 5.43 Å². The molecule has 2 rings (SSSR count). The van der Waals surface area contributed by atoms with Crippen LogP contribution in [0.4, 0.5) is 5.82 Å². The third kappa shape index (κ3) is 2.00. The van der Waals surface area contributed by atoms with Crippen LogP contribution in [0.5, 0.6) is 0 Å². The van der Waals surface area contributed by atoms with Crippen molar-refractivity contribution < 1.29 is 4.79 Å². The number of hydrogen-bond donors (Lipinski definition) is 3. The summed E-state index contributed by atoms with van der Waals surface area (Å²) in [5, 5.41) is 4.05. The standard InChI is InChI=1S/C10H13N7O/c1-2-7-9(16-12)13-5-14-10(7)17-4-6(3-15-17)8(11)18/h3-5H,2,12H2,1H3,(H2,11,18)(H,13,14,16). The van der Waals surface area contributed by atoms with Crippen LogP contribution in [0.2, 0.25) is 0 Å². The molecule has 0 fully saturated rings. The SMILES string of the molecule is CCc1c(NN)ncnc1-n1cc(C(N)=O)cn1. The molecule has 1 amide bonds. The Bertz CT molecular complexity index is 577. The van der Waals surface area contributed by atoms with Gasteiger partial charge >= 0.3 is 0 Å². The molecule has 2 heterocycles. The number of anilines is 1. The molecular weight excluding hydrogens is 234 g/mol. The normalized spacial score (nSPS) is 10.3. The highest BCUT2D eigenvalue weighted by Crippen LogP contribution is 2.18. The molecular formula is C10H13N7O. The summed E-state index contributed by atoms with van der Waals surface area (Å²) < 4.78 is 1.47. The van der Waals surface area contributed by atoms with Gasteiger partial charge in [-0.1, -0.05) is 6.92 Å². The minimum absolute atomic E-state index is 0.318. The lowest BCUT2D eigenvalue weighted by molar-refractivity contribution is 0.100. The largest absolute Gasteiger partial charge is 0.366 e. The fraction of sp³-hybridized carbons (Fsp3) is 0.200. The van der Waals surface area contributed by atoms with Crippen molar-refractivity contribution in [2.45, 2.75) is 13.3 Å². The maximum atomic E-state index is 11.0. The molecule has 2 aromatic rings. The van der Waals surface area contributed by atoms with Gasteiger partial charge in [-0.25, -0.2) is 20.5 Å². The van der Waals surface area contributed by atoms with E-state index in [1.807, 2.05) is 6.92 Å². The number of aromatic nitrogens is 4. The second-order valence-corrected chi connectivity index (χ2v) is 3.56. The maximum absolute atomic E-state index is 11.0. The topological polar surface area (TPSA) is 125 Å². The van der Waals surface area contributed by atoms with E-state index in [0.29, 0.717) is 23.6 Å². The first-order valence-electron chi connectivity index (χ1n) is 5.32. The molecule has 0 aliphatic heterocycles. The van der Waals surface area contributed by atoms with Crippen molar-refractivity contribution in [3.05, 3.63) is 29.8 Å². The fourth-order valence-electron chi connectivity index (χ4n) is 1.62. The molecule has 0 saturated carbocycles. The van der Waals surface area contributed by atoms with Crippen molar-refractivity contribution in [3.63, 3.8) is 0 Å². The van der Waals surface area contributed by atoms with Gasteiger partial charge in [0, 0.05) is 11.8 Å². The quantitative estimate of drug-likeness (QED) is 0.499. The first-order chi connectivity index (χ1) is 8.67. The van der Waals surface area contributed by atoms with E-state index in [9.17, 15) is 4.79 Å². The third-order valence-corrected chi connectivity index (χ3v) is 2.50. The van der Waals surface area contributed by atoms with Crippen LogP contribution in [0, 0.1) is 0 Å². The molecule has 0 radical (unpaired) electrons. The number of nitrogen functional groups attached to an aromatic ring is 1. The molecule has 0 spiro atoms.